The number of nitrogens with zero attached hydrogens (tertiary/aromatic N) is 1. The summed E-state index contributed by atoms with van der Waals surface area (Å²) in [5, 5.41) is 7.75. The number of fused-ring (bicyclic) bond motifs is 3. The SMILES string of the molecule is O=C(N[C@@H]1C[C@H]2CC[C@@H]1N2)[s+]1c(Cl)cc2ccncc21. The molecule has 1 unspecified atom stereocenters. The zero-order chi connectivity index (χ0) is 13.7. The van der Waals surface area contributed by atoms with E-state index < -0.39 is 10.5 Å². The second kappa shape index (κ2) is 4.69. The molecule has 4 rings (SSSR count). The van der Waals surface area contributed by atoms with Gasteiger partial charge in [0.25, 0.3) is 4.34 Å². The Morgan fingerprint density at radius 2 is 2.40 bits per heavy atom. The van der Waals surface area contributed by atoms with Gasteiger partial charge in [-0.15, -0.1) is 0 Å². The van der Waals surface area contributed by atoms with Gasteiger partial charge in [0.15, 0.2) is 0 Å². The maximum Gasteiger partial charge on any atom is 0.458 e. The second-order valence-corrected chi connectivity index (χ2v) is 7.98. The number of hydrogen-bond acceptors (Lipinski definition) is 3. The third-order valence-corrected chi connectivity index (χ3v) is 6.64. The van der Waals surface area contributed by atoms with Gasteiger partial charge in [0.1, 0.15) is 10.5 Å². The van der Waals surface area contributed by atoms with E-state index in [-0.39, 0.29) is 11.3 Å². The van der Waals surface area contributed by atoms with Crippen molar-refractivity contribution in [1.29, 1.82) is 0 Å². The number of thiophene rings is 1. The fourth-order valence-electron chi connectivity index (χ4n) is 3.35. The van der Waals surface area contributed by atoms with Crippen molar-refractivity contribution in [3.8, 4) is 0 Å². The van der Waals surface area contributed by atoms with Gasteiger partial charge in [-0.1, -0.05) is 0 Å². The molecule has 0 aliphatic carbocycles. The molecule has 6 heteroatoms. The first kappa shape index (κ1) is 12.6. The average Bonchev–Trinajstić information content (AvgIpc) is 3.10. The molecule has 2 aromatic heterocycles. The van der Waals surface area contributed by atoms with Crippen molar-refractivity contribution in [2.24, 2.45) is 0 Å². The lowest BCUT2D eigenvalue weighted by molar-refractivity contribution is 0.254. The number of nitrogens with one attached hydrogen (secondary N) is 2. The maximum absolute atomic E-state index is 12.6. The molecular weight excluding hydrogens is 294 g/mol. The Hall–Kier alpha value is -1.17. The number of carbonyl (C=O) groups excluding carboxylic acids is 1. The van der Waals surface area contributed by atoms with E-state index in [1.807, 2.05) is 12.1 Å². The Bertz CT molecular complexity index is 686. The van der Waals surface area contributed by atoms with Crippen LogP contribution in [0, 0.1) is 0 Å². The molecule has 0 spiro atoms. The van der Waals surface area contributed by atoms with Crippen LogP contribution in [0.3, 0.4) is 0 Å². The van der Waals surface area contributed by atoms with Gasteiger partial charge < -0.3 is 10.6 Å². The van der Waals surface area contributed by atoms with Gasteiger partial charge in [-0.3, -0.25) is 4.98 Å². The van der Waals surface area contributed by atoms with Crippen LogP contribution in [0.4, 0.5) is 4.79 Å². The van der Waals surface area contributed by atoms with E-state index in [2.05, 4.69) is 15.6 Å². The lowest BCUT2D eigenvalue weighted by Gasteiger charge is -2.18. The van der Waals surface area contributed by atoms with Gasteiger partial charge in [-0.05, 0) is 36.9 Å². The van der Waals surface area contributed by atoms with Gasteiger partial charge in [-0.25, -0.2) is 4.79 Å². The first-order valence-corrected chi connectivity index (χ1v) is 8.44. The molecule has 2 N–H and O–H groups in total. The van der Waals surface area contributed by atoms with E-state index >= 15 is 0 Å². The first-order valence-electron chi connectivity index (χ1n) is 6.84. The summed E-state index contributed by atoms with van der Waals surface area (Å²) in [7, 11) is -0.704. The molecular formula is C14H15ClN3OS+. The molecule has 2 aliphatic rings. The summed E-state index contributed by atoms with van der Waals surface area (Å²) in [6.07, 6.45) is 6.91. The Morgan fingerprint density at radius 1 is 1.50 bits per heavy atom. The van der Waals surface area contributed by atoms with Gasteiger partial charge in [-0.2, -0.15) is 0 Å². The Labute approximate surface area is 124 Å². The Kier molecular flexibility index (Phi) is 2.94. The number of amides is 1. The topological polar surface area (TPSA) is 54.0 Å². The summed E-state index contributed by atoms with van der Waals surface area (Å²) in [5.74, 6) is 0. The van der Waals surface area contributed by atoms with Crippen LogP contribution in [0.5, 0.6) is 0 Å². The van der Waals surface area contributed by atoms with Crippen LogP contribution in [0.25, 0.3) is 10.1 Å². The third kappa shape index (κ3) is 1.92. The molecule has 2 aromatic rings. The van der Waals surface area contributed by atoms with Crippen molar-refractivity contribution in [2.45, 2.75) is 37.4 Å². The van der Waals surface area contributed by atoms with Gasteiger partial charge >= 0.3 is 5.24 Å². The fraction of sp³-hybridized carbons (Fsp3) is 0.429. The van der Waals surface area contributed by atoms with Gasteiger partial charge in [0.05, 0.1) is 12.2 Å². The van der Waals surface area contributed by atoms with E-state index in [1.165, 1.54) is 6.42 Å². The number of halogens is 1. The highest BCUT2D eigenvalue weighted by Gasteiger charge is 2.41. The van der Waals surface area contributed by atoms with Crippen LogP contribution in [0.2, 0.25) is 4.34 Å². The number of rotatable bonds is 2. The lowest BCUT2D eigenvalue weighted by atomic mass is 9.96. The van der Waals surface area contributed by atoms with E-state index in [4.69, 9.17) is 11.6 Å². The van der Waals surface area contributed by atoms with E-state index in [0.717, 1.165) is 22.9 Å². The molecule has 104 valence electrons. The largest absolute Gasteiger partial charge is 0.458 e. The van der Waals surface area contributed by atoms with Crippen LogP contribution in [0.1, 0.15) is 19.3 Å². The normalized spacial score (nSPS) is 29.1. The number of hydrogen-bond donors (Lipinski definition) is 2. The summed E-state index contributed by atoms with van der Waals surface area (Å²) in [5.41, 5.74) is 0. The van der Waals surface area contributed by atoms with Crippen molar-refractivity contribution in [3.05, 3.63) is 28.9 Å². The summed E-state index contributed by atoms with van der Waals surface area (Å²) in [4.78, 5) is 16.7. The van der Waals surface area contributed by atoms with Crippen LogP contribution < -0.4 is 10.6 Å². The zero-order valence-electron chi connectivity index (χ0n) is 10.8. The highest BCUT2D eigenvalue weighted by atomic mass is 35.5. The smallest absolute Gasteiger partial charge is 0.309 e. The standard InChI is InChI=1S/C14H14ClN3OS/c15-13-5-8-3-4-16-7-12(8)20(13)14(19)18-11-6-9-1-2-10(11)17-9/h3-5,7,9-11,17H,1-2,6H2/p+1/t9-,10+,11-,20?/m1/s1. The van der Waals surface area contributed by atoms with E-state index in [0.29, 0.717) is 16.4 Å². The quantitative estimate of drug-likeness (QED) is 0.838. The molecule has 20 heavy (non-hydrogen) atoms. The molecule has 4 atom stereocenters. The second-order valence-electron chi connectivity index (χ2n) is 5.49. The molecule has 0 saturated carbocycles. The highest BCUT2D eigenvalue weighted by Crippen LogP contribution is 2.40. The molecule has 2 fully saturated rings. The van der Waals surface area contributed by atoms with Crippen molar-refractivity contribution in [1.82, 2.24) is 15.6 Å². The number of pyridine rings is 1. The molecule has 1 amide bonds. The van der Waals surface area contributed by atoms with E-state index in [9.17, 15) is 4.79 Å². The highest BCUT2D eigenvalue weighted by molar-refractivity contribution is 7.57. The predicted octanol–water partition coefficient (Wildman–Crippen LogP) is 3.09. The van der Waals surface area contributed by atoms with Crippen LogP contribution in [0.15, 0.2) is 24.5 Å². The average molecular weight is 309 g/mol. The van der Waals surface area contributed by atoms with Crippen molar-refractivity contribution in [3.63, 3.8) is 0 Å². The predicted molar refractivity (Wildman–Crippen MR) is 81.5 cm³/mol. The third-order valence-electron chi connectivity index (χ3n) is 4.29. The zero-order valence-corrected chi connectivity index (χ0v) is 12.4. The monoisotopic (exact) mass is 308 g/mol. The Balaban J connectivity index is 1.62. The number of aromatic nitrogens is 1. The van der Waals surface area contributed by atoms with Crippen LogP contribution in [-0.4, -0.2) is 28.3 Å². The Morgan fingerprint density at radius 3 is 3.15 bits per heavy atom. The van der Waals surface area contributed by atoms with Crippen LogP contribution >= 0.6 is 22.1 Å². The summed E-state index contributed by atoms with van der Waals surface area (Å²) in [6.45, 7) is 0. The number of carbonyl (C=O) groups is 1. The molecule has 4 heterocycles. The molecule has 0 aromatic carbocycles. The van der Waals surface area contributed by atoms with Gasteiger partial charge in [0.2, 0.25) is 4.70 Å². The van der Waals surface area contributed by atoms with Crippen LogP contribution in [-0.2, 0) is 0 Å². The first-order chi connectivity index (χ1) is 9.72. The summed E-state index contributed by atoms with van der Waals surface area (Å²) < 4.78 is 1.55. The van der Waals surface area contributed by atoms with Crippen molar-refractivity contribution >= 4 is 37.4 Å². The minimum atomic E-state index is -0.704. The van der Waals surface area contributed by atoms with Crippen molar-refractivity contribution in [2.75, 3.05) is 0 Å². The summed E-state index contributed by atoms with van der Waals surface area (Å²) in [6, 6.07) is 5.04. The van der Waals surface area contributed by atoms with E-state index in [1.54, 1.807) is 12.4 Å². The molecule has 4 nitrogen and oxygen atoms in total. The lowest BCUT2D eigenvalue weighted by Crippen LogP contribution is -2.41. The molecule has 0 radical (unpaired) electrons. The van der Waals surface area contributed by atoms with Gasteiger partial charge in [0, 0.05) is 29.7 Å². The molecule has 2 bridgehead atoms. The summed E-state index contributed by atoms with van der Waals surface area (Å²) >= 11 is 6.27. The minimum Gasteiger partial charge on any atom is -0.309 e. The van der Waals surface area contributed by atoms with Crippen molar-refractivity contribution < 1.29 is 4.79 Å². The fourth-order valence-corrected chi connectivity index (χ4v) is 5.56. The maximum atomic E-state index is 12.6. The minimum absolute atomic E-state index is 0.0253. The molecule has 2 aliphatic heterocycles. The molecule has 2 saturated heterocycles.